The van der Waals surface area contributed by atoms with Crippen molar-refractivity contribution in [3.63, 3.8) is 0 Å². The predicted molar refractivity (Wildman–Crippen MR) is 109 cm³/mol. The van der Waals surface area contributed by atoms with Crippen LogP contribution in [0.1, 0.15) is 27.6 Å². The fraction of sp³-hybridized carbons (Fsp3) is 0.0870. The van der Waals surface area contributed by atoms with E-state index < -0.39 is 23.8 Å². The molecule has 0 aliphatic carbocycles. The third kappa shape index (κ3) is 2.61. The number of rotatable bonds is 3. The summed E-state index contributed by atoms with van der Waals surface area (Å²) < 4.78 is 5.79. The van der Waals surface area contributed by atoms with Gasteiger partial charge in [-0.3, -0.25) is 19.3 Å². The number of nitrogens with one attached hydrogen (secondary N) is 1. The lowest BCUT2D eigenvalue weighted by Gasteiger charge is -2.21. The SMILES string of the molecule is C[C@@H](C(=O)Nc1ccc2oc3ccccc3c2c1)N1C(=O)c2ccccc2C1=O. The van der Waals surface area contributed by atoms with Gasteiger partial charge in [-0.2, -0.15) is 0 Å². The van der Waals surface area contributed by atoms with E-state index in [2.05, 4.69) is 5.32 Å². The van der Waals surface area contributed by atoms with Gasteiger partial charge in [0.2, 0.25) is 5.91 Å². The molecule has 142 valence electrons. The Labute approximate surface area is 165 Å². The molecule has 1 atom stereocenters. The van der Waals surface area contributed by atoms with Crippen molar-refractivity contribution in [2.24, 2.45) is 0 Å². The molecule has 0 unspecified atom stereocenters. The Morgan fingerprint density at radius 3 is 2.21 bits per heavy atom. The number of benzene rings is 3. The van der Waals surface area contributed by atoms with Crippen LogP contribution in [0.5, 0.6) is 0 Å². The zero-order chi connectivity index (χ0) is 20.1. The molecule has 4 aromatic rings. The molecule has 0 fully saturated rings. The van der Waals surface area contributed by atoms with Crippen LogP contribution in [-0.2, 0) is 4.79 Å². The summed E-state index contributed by atoms with van der Waals surface area (Å²) in [5, 5.41) is 4.64. The van der Waals surface area contributed by atoms with Crippen LogP contribution in [0.2, 0.25) is 0 Å². The second-order valence-electron chi connectivity index (χ2n) is 7.00. The van der Waals surface area contributed by atoms with Crippen LogP contribution in [0.15, 0.2) is 71.1 Å². The molecule has 3 aromatic carbocycles. The van der Waals surface area contributed by atoms with Crippen LogP contribution in [-0.4, -0.2) is 28.7 Å². The molecule has 0 saturated heterocycles. The highest BCUT2D eigenvalue weighted by Crippen LogP contribution is 2.31. The molecule has 0 bridgehead atoms. The Morgan fingerprint density at radius 1 is 0.862 bits per heavy atom. The number of amides is 3. The van der Waals surface area contributed by atoms with Crippen LogP contribution in [0.3, 0.4) is 0 Å². The highest BCUT2D eigenvalue weighted by Gasteiger charge is 2.40. The summed E-state index contributed by atoms with van der Waals surface area (Å²) in [6.45, 7) is 1.54. The molecule has 1 N–H and O–H groups in total. The van der Waals surface area contributed by atoms with E-state index in [1.165, 1.54) is 0 Å². The number of hydrogen-bond acceptors (Lipinski definition) is 4. The van der Waals surface area contributed by atoms with Crippen LogP contribution in [0.4, 0.5) is 5.69 Å². The Balaban J connectivity index is 1.42. The van der Waals surface area contributed by atoms with E-state index in [-0.39, 0.29) is 0 Å². The van der Waals surface area contributed by atoms with Gasteiger partial charge in [0, 0.05) is 16.5 Å². The van der Waals surface area contributed by atoms with E-state index in [9.17, 15) is 14.4 Å². The molecule has 0 radical (unpaired) electrons. The minimum Gasteiger partial charge on any atom is -0.456 e. The summed E-state index contributed by atoms with van der Waals surface area (Å²) in [5.41, 5.74) is 2.70. The maximum atomic E-state index is 12.8. The van der Waals surface area contributed by atoms with E-state index in [4.69, 9.17) is 4.42 Å². The molecule has 29 heavy (non-hydrogen) atoms. The Kier molecular flexibility index (Phi) is 3.74. The van der Waals surface area contributed by atoms with E-state index in [0.717, 1.165) is 26.8 Å². The van der Waals surface area contributed by atoms with Gasteiger partial charge in [0.25, 0.3) is 11.8 Å². The number of carbonyl (C=O) groups excluding carboxylic acids is 3. The first-order valence-corrected chi connectivity index (χ1v) is 9.23. The predicted octanol–water partition coefficient (Wildman–Crippen LogP) is 4.21. The van der Waals surface area contributed by atoms with E-state index in [1.807, 2.05) is 30.3 Å². The minimum atomic E-state index is -0.945. The van der Waals surface area contributed by atoms with Crippen molar-refractivity contribution in [2.45, 2.75) is 13.0 Å². The van der Waals surface area contributed by atoms with Gasteiger partial charge >= 0.3 is 0 Å². The monoisotopic (exact) mass is 384 g/mol. The normalized spacial score (nSPS) is 14.4. The van der Waals surface area contributed by atoms with Gasteiger partial charge in [0.1, 0.15) is 17.2 Å². The second kappa shape index (κ2) is 6.31. The first-order chi connectivity index (χ1) is 14.0. The second-order valence-corrected chi connectivity index (χ2v) is 7.00. The van der Waals surface area contributed by atoms with Crippen molar-refractivity contribution in [3.05, 3.63) is 77.9 Å². The lowest BCUT2D eigenvalue weighted by atomic mass is 10.1. The van der Waals surface area contributed by atoms with E-state index in [0.29, 0.717) is 16.8 Å². The van der Waals surface area contributed by atoms with Crippen molar-refractivity contribution in [1.29, 1.82) is 0 Å². The fourth-order valence-corrected chi connectivity index (χ4v) is 3.73. The standard InChI is InChI=1S/C23H16N2O4/c1-13(25-22(27)16-7-2-3-8-17(16)23(25)28)21(26)24-14-10-11-20-18(12-14)15-6-4-5-9-19(15)29-20/h2-13H,1H3,(H,24,26)/t13-/m0/s1. The van der Waals surface area contributed by atoms with Gasteiger partial charge < -0.3 is 9.73 Å². The van der Waals surface area contributed by atoms with Gasteiger partial charge in [0.05, 0.1) is 11.1 Å². The molecule has 5 rings (SSSR count). The van der Waals surface area contributed by atoms with Gasteiger partial charge in [-0.1, -0.05) is 30.3 Å². The molecular formula is C23H16N2O4. The highest BCUT2D eigenvalue weighted by atomic mass is 16.3. The minimum absolute atomic E-state index is 0.323. The van der Waals surface area contributed by atoms with Crippen LogP contribution in [0, 0.1) is 0 Å². The van der Waals surface area contributed by atoms with Gasteiger partial charge in [-0.15, -0.1) is 0 Å². The molecular weight excluding hydrogens is 368 g/mol. The number of nitrogens with zero attached hydrogens (tertiary/aromatic N) is 1. The smallest absolute Gasteiger partial charge is 0.262 e. The zero-order valence-electron chi connectivity index (χ0n) is 15.5. The number of furan rings is 1. The fourth-order valence-electron chi connectivity index (χ4n) is 3.73. The molecule has 1 aliphatic heterocycles. The summed E-state index contributed by atoms with van der Waals surface area (Å²) >= 11 is 0. The summed E-state index contributed by atoms with van der Waals surface area (Å²) in [4.78, 5) is 39.0. The first kappa shape index (κ1) is 17.2. The maximum absolute atomic E-state index is 12.8. The summed E-state index contributed by atoms with van der Waals surface area (Å²) in [6, 6.07) is 18.7. The molecule has 0 spiro atoms. The summed E-state index contributed by atoms with van der Waals surface area (Å²) in [6.07, 6.45) is 0. The number of hydrogen-bond donors (Lipinski definition) is 1. The zero-order valence-corrected chi connectivity index (χ0v) is 15.5. The van der Waals surface area contributed by atoms with Crippen LogP contribution in [0.25, 0.3) is 21.9 Å². The van der Waals surface area contributed by atoms with E-state index >= 15 is 0 Å². The summed E-state index contributed by atoms with van der Waals surface area (Å²) in [5.74, 6) is -1.35. The summed E-state index contributed by atoms with van der Waals surface area (Å²) in [7, 11) is 0. The van der Waals surface area contributed by atoms with Crippen LogP contribution < -0.4 is 5.32 Å². The molecule has 1 aliphatic rings. The molecule has 3 amide bonds. The van der Waals surface area contributed by atoms with E-state index in [1.54, 1.807) is 43.3 Å². The average molecular weight is 384 g/mol. The average Bonchev–Trinajstić information content (AvgIpc) is 3.23. The number of imide groups is 1. The van der Waals surface area contributed by atoms with Crippen LogP contribution >= 0.6 is 0 Å². The Morgan fingerprint density at radius 2 is 1.48 bits per heavy atom. The maximum Gasteiger partial charge on any atom is 0.262 e. The third-order valence-electron chi connectivity index (χ3n) is 5.24. The molecule has 6 heteroatoms. The van der Waals surface area contributed by atoms with Crippen molar-refractivity contribution in [1.82, 2.24) is 4.90 Å². The Hall–Kier alpha value is -3.93. The Bertz CT molecular complexity index is 1290. The molecule has 6 nitrogen and oxygen atoms in total. The topological polar surface area (TPSA) is 79.6 Å². The third-order valence-corrected chi connectivity index (χ3v) is 5.24. The molecule has 0 saturated carbocycles. The number of fused-ring (bicyclic) bond motifs is 4. The van der Waals surface area contributed by atoms with Gasteiger partial charge in [-0.05, 0) is 43.3 Å². The van der Waals surface area contributed by atoms with Crippen molar-refractivity contribution in [2.75, 3.05) is 5.32 Å². The van der Waals surface area contributed by atoms with Gasteiger partial charge in [-0.25, -0.2) is 0 Å². The quantitative estimate of drug-likeness (QED) is 0.537. The highest BCUT2D eigenvalue weighted by molar-refractivity contribution is 6.23. The largest absolute Gasteiger partial charge is 0.456 e. The number of anilines is 1. The van der Waals surface area contributed by atoms with Crippen molar-refractivity contribution < 1.29 is 18.8 Å². The lowest BCUT2D eigenvalue weighted by Crippen LogP contribution is -2.45. The molecule has 2 heterocycles. The van der Waals surface area contributed by atoms with Gasteiger partial charge in [0.15, 0.2) is 0 Å². The number of carbonyl (C=O) groups is 3. The number of para-hydroxylation sites is 1. The first-order valence-electron chi connectivity index (χ1n) is 9.23. The van der Waals surface area contributed by atoms with Crippen molar-refractivity contribution >= 4 is 45.3 Å². The van der Waals surface area contributed by atoms with Crippen molar-refractivity contribution in [3.8, 4) is 0 Å². The lowest BCUT2D eigenvalue weighted by molar-refractivity contribution is -0.119. The molecule has 1 aromatic heterocycles.